The molecule has 0 radical (unpaired) electrons. The maximum atomic E-state index is 12.8. The SMILES string of the molecule is Cc1cnc(C(=O)N(CCC(=O)NCc2cccc(C(F)(F)F)c2)CC(C)C)cn1. The van der Waals surface area contributed by atoms with Crippen molar-refractivity contribution in [2.75, 3.05) is 13.1 Å². The summed E-state index contributed by atoms with van der Waals surface area (Å²) in [6.45, 7) is 6.26. The van der Waals surface area contributed by atoms with Crippen LogP contribution in [0.2, 0.25) is 0 Å². The third-order valence-corrected chi connectivity index (χ3v) is 4.23. The number of aromatic nitrogens is 2. The maximum absolute atomic E-state index is 12.8. The Morgan fingerprint density at radius 2 is 1.90 bits per heavy atom. The van der Waals surface area contributed by atoms with Crippen LogP contribution >= 0.6 is 0 Å². The lowest BCUT2D eigenvalue weighted by molar-refractivity contribution is -0.137. The molecule has 2 amide bonds. The first kappa shape index (κ1) is 23.3. The molecule has 9 heteroatoms. The third-order valence-electron chi connectivity index (χ3n) is 4.23. The summed E-state index contributed by atoms with van der Waals surface area (Å²) in [5.74, 6) is -0.494. The lowest BCUT2D eigenvalue weighted by Crippen LogP contribution is -2.38. The number of aryl methyl sites for hydroxylation is 1. The summed E-state index contributed by atoms with van der Waals surface area (Å²) in [7, 11) is 0. The van der Waals surface area contributed by atoms with Gasteiger partial charge in [-0.3, -0.25) is 14.6 Å². The number of halogens is 3. The second-order valence-corrected chi connectivity index (χ2v) is 7.41. The van der Waals surface area contributed by atoms with Gasteiger partial charge < -0.3 is 10.2 Å². The zero-order chi connectivity index (χ0) is 22.3. The zero-order valence-corrected chi connectivity index (χ0v) is 17.2. The first-order valence-corrected chi connectivity index (χ1v) is 9.57. The summed E-state index contributed by atoms with van der Waals surface area (Å²) < 4.78 is 38.4. The average molecular weight is 422 g/mol. The normalized spacial score (nSPS) is 11.4. The minimum atomic E-state index is -4.43. The molecule has 2 aromatic rings. The molecule has 1 aromatic heterocycles. The van der Waals surface area contributed by atoms with Gasteiger partial charge in [0.25, 0.3) is 5.91 Å². The van der Waals surface area contributed by atoms with E-state index in [4.69, 9.17) is 0 Å². The average Bonchev–Trinajstić information content (AvgIpc) is 2.69. The van der Waals surface area contributed by atoms with Crippen molar-refractivity contribution in [3.63, 3.8) is 0 Å². The lowest BCUT2D eigenvalue weighted by Gasteiger charge is -2.24. The second kappa shape index (κ2) is 10.2. The van der Waals surface area contributed by atoms with Crippen molar-refractivity contribution in [1.29, 1.82) is 0 Å². The Hall–Kier alpha value is -2.97. The molecule has 0 unspecified atom stereocenters. The van der Waals surface area contributed by atoms with Crippen molar-refractivity contribution in [2.24, 2.45) is 5.92 Å². The first-order valence-electron chi connectivity index (χ1n) is 9.57. The lowest BCUT2D eigenvalue weighted by atomic mass is 10.1. The van der Waals surface area contributed by atoms with E-state index >= 15 is 0 Å². The molecule has 0 aliphatic rings. The van der Waals surface area contributed by atoms with Crippen molar-refractivity contribution < 1.29 is 22.8 Å². The van der Waals surface area contributed by atoms with Gasteiger partial charge >= 0.3 is 6.18 Å². The highest BCUT2D eigenvalue weighted by Crippen LogP contribution is 2.29. The number of rotatable bonds is 8. The summed E-state index contributed by atoms with van der Waals surface area (Å²) in [5, 5.41) is 2.60. The van der Waals surface area contributed by atoms with Gasteiger partial charge in [-0.2, -0.15) is 13.2 Å². The summed E-state index contributed by atoms with van der Waals surface area (Å²) in [6.07, 6.45) is -1.51. The van der Waals surface area contributed by atoms with Crippen LogP contribution in [0.1, 0.15) is 47.6 Å². The zero-order valence-electron chi connectivity index (χ0n) is 17.2. The van der Waals surface area contributed by atoms with Gasteiger partial charge in [-0.15, -0.1) is 0 Å². The predicted octanol–water partition coefficient (Wildman–Crippen LogP) is 3.61. The van der Waals surface area contributed by atoms with Crippen molar-refractivity contribution in [2.45, 2.75) is 39.9 Å². The van der Waals surface area contributed by atoms with E-state index in [1.807, 2.05) is 13.8 Å². The number of alkyl halides is 3. The first-order chi connectivity index (χ1) is 14.1. The van der Waals surface area contributed by atoms with Crippen LogP contribution in [0.25, 0.3) is 0 Å². The molecule has 0 spiro atoms. The monoisotopic (exact) mass is 422 g/mol. The van der Waals surface area contributed by atoms with Gasteiger partial charge in [0.15, 0.2) is 0 Å². The Morgan fingerprint density at radius 1 is 1.17 bits per heavy atom. The molecule has 0 bridgehead atoms. The second-order valence-electron chi connectivity index (χ2n) is 7.41. The Kier molecular flexibility index (Phi) is 7.91. The Morgan fingerprint density at radius 3 is 2.50 bits per heavy atom. The molecule has 30 heavy (non-hydrogen) atoms. The fourth-order valence-electron chi connectivity index (χ4n) is 2.76. The van der Waals surface area contributed by atoms with E-state index < -0.39 is 11.7 Å². The fourth-order valence-corrected chi connectivity index (χ4v) is 2.76. The smallest absolute Gasteiger partial charge is 0.352 e. The topological polar surface area (TPSA) is 75.2 Å². The van der Waals surface area contributed by atoms with Gasteiger partial charge in [0.05, 0.1) is 17.5 Å². The number of amides is 2. The van der Waals surface area contributed by atoms with Crippen molar-refractivity contribution in [3.8, 4) is 0 Å². The molecular formula is C21H25F3N4O2. The number of hydrogen-bond acceptors (Lipinski definition) is 4. The highest BCUT2D eigenvalue weighted by molar-refractivity contribution is 5.92. The van der Waals surface area contributed by atoms with E-state index in [0.717, 1.165) is 12.1 Å². The van der Waals surface area contributed by atoms with Crippen molar-refractivity contribution in [1.82, 2.24) is 20.2 Å². The highest BCUT2D eigenvalue weighted by Gasteiger charge is 2.30. The number of carbonyl (C=O) groups is 2. The van der Waals surface area contributed by atoms with Crippen molar-refractivity contribution >= 4 is 11.8 Å². The Balaban J connectivity index is 1.94. The van der Waals surface area contributed by atoms with Gasteiger partial charge in [-0.25, -0.2) is 4.98 Å². The van der Waals surface area contributed by atoms with Crippen LogP contribution in [0.5, 0.6) is 0 Å². The quantitative estimate of drug-likeness (QED) is 0.705. The molecule has 0 aliphatic heterocycles. The number of nitrogens with one attached hydrogen (secondary N) is 1. The van der Waals surface area contributed by atoms with Crippen LogP contribution in [-0.4, -0.2) is 39.8 Å². The largest absolute Gasteiger partial charge is 0.416 e. The molecule has 0 saturated carbocycles. The van der Waals surface area contributed by atoms with Gasteiger partial charge in [0, 0.05) is 32.3 Å². The van der Waals surface area contributed by atoms with Crippen LogP contribution in [0.3, 0.4) is 0 Å². The molecule has 0 aliphatic carbocycles. The van der Waals surface area contributed by atoms with Gasteiger partial charge in [-0.1, -0.05) is 26.0 Å². The van der Waals surface area contributed by atoms with Crippen LogP contribution in [-0.2, 0) is 17.5 Å². The summed E-state index contributed by atoms with van der Waals surface area (Å²) in [4.78, 5) is 34.6. The van der Waals surface area contributed by atoms with E-state index in [0.29, 0.717) is 17.8 Å². The maximum Gasteiger partial charge on any atom is 0.416 e. The summed E-state index contributed by atoms with van der Waals surface area (Å²) >= 11 is 0. The molecule has 2 rings (SSSR count). The van der Waals surface area contributed by atoms with E-state index in [-0.39, 0.29) is 42.9 Å². The fraction of sp³-hybridized carbons (Fsp3) is 0.429. The molecule has 0 fully saturated rings. The van der Waals surface area contributed by atoms with E-state index in [9.17, 15) is 22.8 Å². The van der Waals surface area contributed by atoms with Crippen LogP contribution in [0, 0.1) is 12.8 Å². The summed E-state index contributed by atoms with van der Waals surface area (Å²) in [5.41, 5.74) is 0.479. The van der Waals surface area contributed by atoms with Gasteiger partial charge in [0.1, 0.15) is 5.69 Å². The van der Waals surface area contributed by atoms with E-state index in [2.05, 4.69) is 15.3 Å². The Labute approximate surface area is 173 Å². The molecule has 1 N–H and O–H groups in total. The molecule has 1 aromatic carbocycles. The van der Waals surface area contributed by atoms with E-state index in [1.54, 1.807) is 6.92 Å². The number of nitrogens with zero attached hydrogens (tertiary/aromatic N) is 3. The molecule has 1 heterocycles. The molecule has 6 nitrogen and oxygen atoms in total. The minimum Gasteiger partial charge on any atom is -0.352 e. The van der Waals surface area contributed by atoms with Crippen LogP contribution in [0.15, 0.2) is 36.7 Å². The molecular weight excluding hydrogens is 397 g/mol. The number of benzene rings is 1. The summed E-state index contributed by atoms with van der Waals surface area (Å²) in [6, 6.07) is 4.80. The minimum absolute atomic E-state index is 0.0235. The van der Waals surface area contributed by atoms with Gasteiger partial charge in [-0.05, 0) is 30.5 Å². The van der Waals surface area contributed by atoms with Crippen LogP contribution < -0.4 is 5.32 Å². The standard InChI is InChI=1S/C21H25F3N4O2/c1-14(2)13-28(20(30)18-12-25-15(3)10-26-18)8-7-19(29)27-11-16-5-4-6-17(9-16)21(22,23)24/h4-6,9-10,12,14H,7-8,11,13H2,1-3H3,(H,27,29). The molecule has 0 atom stereocenters. The highest BCUT2D eigenvalue weighted by atomic mass is 19.4. The van der Waals surface area contributed by atoms with E-state index in [1.165, 1.54) is 29.4 Å². The molecule has 162 valence electrons. The Bertz CT molecular complexity index is 867. The number of hydrogen-bond donors (Lipinski definition) is 1. The third kappa shape index (κ3) is 7.13. The predicted molar refractivity (Wildman–Crippen MR) is 105 cm³/mol. The van der Waals surface area contributed by atoms with Crippen molar-refractivity contribution in [3.05, 3.63) is 59.2 Å². The van der Waals surface area contributed by atoms with Crippen LogP contribution in [0.4, 0.5) is 13.2 Å². The molecule has 0 saturated heterocycles. The number of carbonyl (C=O) groups excluding carboxylic acids is 2. The van der Waals surface area contributed by atoms with Gasteiger partial charge in [0.2, 0.25) is 5.91 Å².